The number of rotatable bonds is 3. The lowest BCUT2D eigenvalue weighted by molar-refractivity contribution is 0.831. The summed E-state index contributed by atoms with van der Waals surface area (Å²) >= 11 is 5.83. The first-order valence-electron chi connectivity index (χ1n) is 6.83. The number of alkyl halides is 1. The third kappa shape index (κ3) is 2.46. The Bertz CT molecular complexity index is 897. The van der Waals surface area contributed by atoms with Crippen LogP contribution in [-0.4, -0.2) is 33.8 Å². The maximum atomic E-state index is 12.1. The zero-order chi connectivity index (χ0) is 15.9. The van der Waals surface area contributed by atoms with Gasteiger partial charge in [-0.05, 0) is 31.2 Å². The number of aryl methyl sites for hydroxylation is 1. The molecule has 1 N–H and O–H groups in total. The van der Waals surface area contributed by atoms with Crippen LogP contribution in [0, 0.1) is 6.92 Å². The molecule has 2 heterocycles. The molecule has 6 nitrogen and oxygen atoms in total. The Labute approximate surface area is 132 Å². The van der Waals surface area contributed by atoms with Crippen molar-refractivity contribution in [2.24, 2.45) is 0 Å². The first kappa shape index (κ1) is 14.6. The fourth-order valence-electron chi connectivity index (χ4n) is 2.32. The molecule has 22 heavy (non-hydrogen) atoms. The lowest BCUT2D eigenvalue weighted by Crippen LogP contribution is -2.18. The topological polar surface area (TPSA) is 66.8 Å². The molecular formula is C15H16ClN5O. The third-order valence-electron chi connectivity index (χ3n) is 3.42. The smallest absolute Gasteiger partial charge is 0.260 e. The van der Waals surface area contributed by atoms with Gasteiger partial charge in [0.05, 0.1) is 28.2 Å². The van der Waals surface area contributed by atoms with Crippen LogP contribution in [-0.2, 0) is 5.88 Å². The van der Waals surface area contributed by atoms with Crippen molar-refractivity contribution in [2.45, 2.75) is 12.8 Å². The van der Waals surface area contributed by atoms with Gasteiger partial charge >= 0.3 is 0 Å². The van der Waals surface area contributed by atoms with E-state index in [0.29, 0.717) is 22.7 Å². The maximum Gasteiger partial charge on any atom is 0.260 e. The highest BCUT2D eigenvalue weighted by Crippen LogP contribution is 2.18. The summed E-state index contributed by atoms with van der Waals surface area (Å²) in [4.78, 5) is 21.1. The molecule has 0 aliphatic rings. The van der Waals surface area contributed by atoms with Gasteiger partial charge in [-0.1, -0.05) is 0 Å². The highest BCUT2D eigenvalue weighted by Gasteiger charge is 2.10. The summed E-state index contributed by atoms with van der Waals surface area (Å²) in [5.74, 6) is 0.887. The van der Waals surface area contributed by atoms with Crippen molar-refractivity contribution in [1.82, 2.24) is 19.7 Å². The second-order valence-corrected chi connectivity index (χ2v) is 5.58. The summed E-state index contributed by atoms with van der Waals surface area (Å²) in [6.45, 7) is 1.96. The zero-order valence-electron chi connectivity index (χ0n) is 12.6. The fourth-order valence-corrected chi connectivity index (χ4v) is 2.45. The predicted molar refractivity (Wildman–Crippen MR) is 88.1 cm³/mol. The number of hydrogen-bond acceptors (Lipinski definition) is 4. The van der Waals surface area contributed by atoms with Crippen molar-refractivity contribution >= 4 is 28.5 Å². The highest BCUT2D eigenvalue weighted by atomic mass is 35.5. The SMILES string of the molecule is Cc1cc(CCl)nn1-c1ccc2c(=O)[nH]c(N(C)C)nc2c1. The Morgan fingerprint density at radius 2 is 2.09 bits per heavy atom. The van der Waals surface area contributed by atoms with E-state index in [2.05, 4.69) is 15.1 Å². The van der Waals surface area contributed by atoms with Gasteiger partial charge in [-0.2, -0.15) is 5.10 Å². The number of aromatic amines is 1. The Kier molecular flexibility index (Phi) is 3.62. The zero-order valence-corrected chi connectivity index (χ0v) is 13.3. The molecule has 0 radical (unpaired) electrons. The minimum atomic E-state index is -0.154. The van der Waals surface area contributed by atoms with Crippen LogP contribution < -0.4 is 10.5 Å². The lowest BCUT2D eigenvalue weighted by Gasteiger charge is -2.11. The molecule has 0 bridgehead atoms. The molecule has 7 heteroatoms. The quantitative estimate of drug-likeness (QED) is 0.752. The number of H-pyrrole nitrogens is 1. The molecule has 0 saturated carbocycles. The number of nitrogens with one attached hydrogen (secondary N) is 1. The van der Waals surface area contributed by atoms with E-state index in [1.807, 2.05) is 39.2 Å². The van der Waals surface area contributed by atoms with Crippen LogP contribution in [0.25, 0.3) is 16.6 Å². The van der Waals surface area contributed by atoms with Crippen LogP contribution in [0.2, 0.25) is 0 Å². The van der Waals surface area contributed by atoms with Gasteiger partial charge in [0.15, 0.2) is 0 Å². The first-order chi connectivity index (χ1) is 10.5. The van der Waals surface area contributed by atoms with Gasteiger partial charge in [-0.3, -0.25) is 9.78 Å². The molecule has 0 aliphatic carbocycles. The van der Waals surface area contributed by atoms with E-state index in [0.717, 1.165) is 17.1 Å². The number of hydrogen-bond donors (Lipinski definition) is 1. The van der Waals surface area contributed by atoms with Crippen molar-refractivity contribution in [3.05, 3.63) is 46.0 Å². The molecule has 0 atom stereocenters. The summed E-state index contributed by atoms with van der Waals surface area (Å²) in [5.41, 5.74) is 3.12. The van der Waals surface area contributed by atoms with Crippen LogP contribution in [0.1, 0.15) is 11.4 Å². The van der Waals surface area contributed by atoms with Crippen molar-refractivity contribution in [1.29, 1.82) is 0 Å². The standard InChI is InChI=1S/C15H16ClN5O/c1-9-6-10(8-16)19-21(9)11-4-5-12-13(7-11)17-15(20(2)3)18-14(12)22/h4-7H,8H2,1-3H3,(H,17,18,22). The summed E-state index contributed by atoms with van der Waals surface area (Å²) in [7, 11) is 3.66. The van der Waals surface area contributed by atoms with E-state index in [4.69, 9.17) is 11.6 Å². The molecule has 1 aromatic carbocycles. The minimum absolute atomic E-state index is 0.154. The number of benzene rings is 1. The van der Waals surface area contributed by atoms with E-state index in [1.165, 1.54) is 0 Å². The van der Waals surface area contributed by atoms with Crippen LogP contribution in [0.15, 0.2) is 29.1 Å². The van der Waals surface area contributed by atoms with E-state index in [9.17, 15) is 4.79 Å². The second kappa shape index (κ2) is 5.46. The minimum Gasteiger partial charge on any atom is -0.348 e. The molecule has 0 amide bonds. The van der Waals surface area contributed by atoms with E-state index >= 15 is 0 Å². The molecule has 0 saturated heterocycles. The Balaban J connectivity index is 2.20. The van der Waals surface area contributed by atoms with E-state index in [1.54, 1.807) is 15.6 Å². The Morgan fingerprint density at radius 1 is 1.32 bits per heavy atom. The molecule has 3 aromatic rings. The van der Waals surface area contributed by atoms with Crippen molar-refractivity contribution < 1.29 is 0 Å². The van der Waals surface area contributed by atoms with Gasteiger partial charge in [0.25, 0.3) is 5.56 Å². The highest BCUT2D eigenvalue weighted by molar-refractivity contribution is 6.16. The molecule has 3 rings (SSSR count). The summed E-state index contributed by atoms with van der Waals surface area (Å²) < 4.78 is 1.80. The van der Waals surface area contributed by atoms with Gasteiger partial charge in [0.1, 0.15) is 0 Å². The number of aromatic nitrogens is 4. The van der Waals surface area contributed by atoms with Crippen molar-refractivity contribution in [2.75, 3.05) is 19.0 Å². The van der Waals surface area contributed by atoms with Crippen LogP contribution >= 0.6 is 11.6 Å². The molecule has 0 aliphatic heterocycles. The summed E-state index contributed by atoms with van der Waals surface area (Å²) in [6, 6.07) is 7.41. The van der Waals surface area contributed by atoms with Crippen LogP contribution in [0.3, 0.4) is 0 Å². The third-order valence-corrected chi connectivity index (χ3v) is 3.69. The molecule has 0 unspecified atom stereocenters. The maximum absolute atomic E-state index is 12.1. The van der Waals surface area contributed by atoms with Gasteiger partial charge in [0.2, 0.25) is 5.95 Å². The normalized spacial score (nSPS) is 11.1. The largest absolute Gasteiger partial charge is 0.348 e. The molecular weight excluding hydrogens is 302 g/mol. The number of fused-ring (bicyclic) bond motifs is 1. The molecule has 114 valence electrons. The molecule has 2 aromatic heterocycles. The van der Waals surface area contributed by atoms with Gasteiger partial charge in [-0.25, -0.2) is 9.67 Å². The summed E-state index contributed by atoms with van der Waals surface area (Å²) in [6.07, 6.45) is 0. The Morgan fingerprint density at radius 3 is 2.73 bits per heavy atom. The molecule has 0 fully saturated rings. The van der Waals surface area contributed by atoms with Crippen molar-refractivity contribution in [3.8, 4) is 5.69 Å². The average Bonchev–Trinajstić information content (AvgIpc) is 2.87. The van der Waals surface area contributed by atoms with Crippen LogP contribution in [0.4, 0.5) is 5.95 Å². The summed E-state index contributed by atoms with van der Waals surface area (Å²) in [5, 5.41) is 5.00. The molecule has 0 spiro atoms. The number of nitrogens with zero attached hydrogens (tertiary/aromatic N) is 4. The second-order valence-electron chi connectivity index (χ2n) is 5.31. The average molecular weight is 318 g/mol. The number of anilines is 1. The predicted octanol–water partition coefficient (Wildman–Crippen LogP) is 2.22. The fraction of sp³-hybridized carbons (Fsp3) is 0.267. The van der Waals surface area contributed by atoms with Crippen LogP contribution in [0.5, 0.6) is 0 Å². The van der Waals surface area contributed by atoms with Gasteiger partial charge < -0.3 is 4.90 Å². The van der Waals surface area contributed by atoms with E-state index in [-0.39, 0.29) is 5.56 Å². The monoisotopic (exact) mass is 317 g/mol. The van der Waals surface area contributed by atoms with Gasteiger partial charge in [0, 0.05) is 19.8 Å². The number of halogens is 1. The van der Waals surface area contributed by atoms with E-state index < -0.39 is 0 Å². The van der Waals surface area contributed by atoms with Gasteiger partial charge in [-0.15, -0.1) is 11.6 Å². The van der Waals surface area contributed by atoms with Crippen molar-refractivity contribution in [3.63, 3.8) is 0 Å². The Hall–Kier alpha value is -2.34. The lowest BCUT2D eigenvalue weighted by atomic mass is 10.2. The first-order valence-corrected chi connectivity index (χ1v) is 7.36.